The molecule has 0 aliphatic heterocycles. The molecular formula is C18H15N3O. The normalized spacial score (nSPS) is 11.1. The van der Waals surface area contributed by atoms with Gasteiger partial charge in [0.15, 0.2) is 0 Å². The smallest absolute Gasteiger partial charge is 0.316 e. The van der Waals surface area contributed by atoms with E-state index in [1.807, 2.05) is 42.5 Å². The average Bonchev–Trinajstić information content (AvgIpc) is 2.53. The molecule has 0 unspecified atom stereocenters. The highest BCUT2D eigenvalue weighted by atomic mass is 16.2. The molecule has 2 amide bonds. The van der Waals surface area contributed by atoms with E-state index in [9.17, 15) is 10.1 Å². The lowest BCUT2D eigenvalue weighted by atomic mass is 10.1. The van der Waals surface area contributed by atoms with Crippen LogP contribution in [0.3, 0.4) is 0 Å². The largest absolute Gasteiger partial charge is 0.351 e. The first-order chi connectivity index (χ1) is 10.7. The van der Waals surface area contributed by atoms with Gasteiger partial charge in [-0.15, -0.1) is 0 Å². The van der Waals surface area contributed by atoms with Crippen LogP contribution in [0.25, 0.3) is 11.6 Å². The third-order valence-electron chi connectivity index (χ3n) is 2.94. The summed E-state index contributed by atoms with van der Waals surface area (Å²) in [5.41, 5.74) is 8.02. The van der Waals surface area contributed by atoms with Crippen molar-refractivity contribution in [1.29, 1.82) is 5.26 Å². The number of rotatable bonds is 4. The molecule has 4 nitrogen and oxygen atoms in total. The summed E-state index contributed by atoms with van der Waals surface area (Å²) >= 11 is 0. The van der Waals surface area contributed by atoms with Crippen LogP contribution in [0.5, 0.6) is 0 Å². The predicted octanol–water partition coefficient (Wildman–Crippen LogP) is 3.80. The second-order valence-corrected chi connectivity index (χ2v) is 4.53. The average molecular weight is 289 g/mol. The molecule has 0 heterocycles. The van der Waals surface area contributed by atoms with Crippen molar-refractivity contribution in [2.75, 3.05) is 5.32 Å². The molecule has 2 rings (SSSR count). The van der Waals surface area contributed by atoms with E-state index in [0.717, 1.165) is 11.1 Å². The zero-order valence-corrected chi connectivity index (χ0v) is 11.9. The maximum atomic E-state index is 10.8. The number of nitrogens with zero attached hydrogens (tertiary/aromatic N) is 1. The molecule has 0 radical (unpaired) electrons. The van der Waals surface area contributed by atoms with E-state index in [1.54, 1.807) is 30.3 Å². The van der Waals surface area contributed by atoms with Gasteiger partial charge in [0.25, 0.3) is 0 Å². The maximum Gasteiger partial charge on any atom is 0.316 e. The fraction of sp³-hybridized carbons (Fsp3) is 0. The molecule has 0 aliphatic rings. The van der Waals surface area contributed by atoms with Crippen LogP contribution in [0.2, 0.25) is 0 Å². The first-order valence-electron chi connectivity index (χ1n) is 6.69. The van der Waals surface area contributed by atoms with E-state index in [2.05, 4.69) is 11.4 Å². The minimum atomic E-state index is -0.616. The first kappa shape index (κ1) is 15.1. The predicted molar refractivity (Wildman–Crippen MR) is 88.7 cm³/mol. The van der Waals surface area contributed by atoms with Crippen molar-refractivity contribution in [3.63, 3.8) is 0 Å². The van der Waals surface area contributed by atoms with Crippen LogP contribution in [0.4, 0.5) is 10.5 Å². The number of urea groups is 1. The molecule has 0 saturated carbocycles. The van der Waals surface area contributed by atoms with E-state index in [0.29, 0.717) is 11.3 Å². The second kappa shape index (κ2) is 7.46. The quantitative estimate of drug-likeness (QED) is 0.663. The van der Waals surface area contributed by atoms with Gasteiger partial charge in [0.05, 0.1) is 11.6 Å². The van der Waals surface area contributed by atoms with Crippen molar-refractivity contribution >= 4 is 23.4 Å². The van der Waals surface area contributed by atoms with Gasteiger partial charge < -0.3 is 11.1 Å². The Morgan fingerprint density at radius 3 is 2.36 bits per heavy atom. The number of hydrogen-bond donors (Lipinski definition) is 2. The van der Waals surface area contributed by atoms with E-state index in [4.69, 9.17) is 5.73 Å². The molecule has 4 heteroatoms. The summed E-state index contributed by atoms with van der Waals surface area (Å²) in [4.78, 5) is 10.8. The van der Waals surface area contributed by atoms with Gasteiger partial charge in [-0.05, 0) is 29.3 Å². The van der Waals surface area contributed by atoms with Crippen LogP contribution in [-0.4, -0.2) is 6.03 Å². The molecule has 3 N–H and O–H groups in total. The third kappa shape index (κ3) is 4.36. The highest BCUT2D eigenvalue weighted by Gasteiger charge is 2.00. The lowest BCUT2D eigenvalue weighted by molar-refractivity contribution is 0.259. The Balaban J connectivity index is 2.14. The summed E-state index contributed by atoms with van der Waals surface area (Å²) in [5.74, 6) is 0. The Morgan fingerprint density at radius 1 is 1.09 bits per heavy atom. The molecular weight excluding hydrogens is 274 g/mol. The fourth-order valence-electron chi connectivity index (χ4n) is 1.89. The van der Waals surface area contributed by atoms with E-state index >= 15 is 0 Å². The van der Waals surface area contributed by atoms with Crippen molar-refractivity contribution < 1.29 is 4.79 Å². The number of amides is 2. The first-order valence-corrected chi connectivity index (χ1v) is 6.69. The number of carbonyl (C=O) groups is 1. The van der Waals surface area contributed by atoms with Gasteiger partial charge in [0.2, 0.25) is 0 Å². The highest BCUT2D eigenvalue weighted by molar-refractivity contribution is 5.88. The molecule has 0 atom stereocenters. The Hall–Kier alpha value is -3.32. The molecule has 0 fully saturated rings. The lowest BCUT2D eigenvalue weighted by Gasteiger charge is -2.03. The summed E-state index contributed by atoms with van der Waals surface area (Å²) in [6.07, 6.45) is 5.52. The van der Waals surface area contributed by atoms with Gasteiger partial charge in [-0.2, -0.15) is 5.26 Å². The van der Waals surface area contributed by atoms with Crippen LogP contribution < -0.4 is 11.1 Å². The summed E-state index contributed by atoms with van der Waals surface area (Å²) < 4.78 is 0. The number of primary amides is 1. The van der Waals surface area contributed by atoms with Crippen molar-refractivity contribution in [3.8, 4) is 6.07 Å². The minimum absolute atomic E-state index is 0.540. The summed E-state index contributed by atoms with van der Waals surface area (Å²) in [5, 5.41) is 11.7. The van der Waals surface area contributed by atoms with Gasteiger partial charge in [0.1, 0.15) is 0 Å². The summed E-state index contributed by atoms with van der Waals surface area (Å²) in [6.45, 7) is 0. The molecule has 2 aromatic rings. The molecule has 0 spiro atoms. The number of carbonyl (C=O) groups excluding carboxylic acids is 1. The zero-order chi connectivity index (χ0) is 15.8. The number of anilines is 1. The SMILES string of the molecule is N#C/C(=C\C=C\c1ccccc1)c1ccc(NC(N)=O)cc1. The molecule has 22 heavy (non-hydrogen) atoms. The van der Waals surface area contributed by atoms with Crippen molar-refractivity contribution in [3.05, 3.63) is 77.9 Å². The topological polar surface area (TPSA) is 78.9 Å². The van der Waals surface area contributed by atoms with Crippen molar-refractivity contribution in [2.45, 2.75) is 0 Å². The highest BCUT2D eigenvalue weighted by Crippen LogP contribution is 2.17. The van der Waals surface area contributed by atoms with Crippen LogP contribution in [0, 0.1) is 11.3 Å². The summed E-state index contributed by atoms with van der Waals surface area (Å²) in [6, 6.07) is 18.3. The standard InChI is InChI=1S/C18H15N3O/c19-13-16(8-4-7-14-5-2-1-3-6-14)15-9-11-17(12-10-15)21-18(20)22/h1-12H,(H3,20,21,22)/b7-4+,16-8+. The lowest BCUT2D eigenvalue weighted by Crippen LogP contribution is -2.19. The van der Waals surface area contributed by atoms with Crippen LogP contribution in [0.1, 0.15) is 11.1 Å². The monoisotopic (exact) mass is 289 g/mol. The number of nitrogens with one attached hydrogen (secondary N) is 1. The number of hydrogen-bond acceptors (Lipinski definition) is 2. The minimum Gasteiger partial charge on any atom is -0.351 e. The van der Waals surface area contributed by atoms with E-state index in [1.165, 1.54) is 0 Å². The van der Waals surface area contributed by atoms with Gasteiger partial charge in [-0.1, -0.05) is 54.6 Å². The van der Waals surface area contributed by atoms with Crippen LogP contribution in [0.15, 0.2) is 66.7 Å². The van der Waals surface area contributed by atoms with Crippen molar-refractivity contribution in [1.82, 2.24) is 0 Å². The van der Waals surface area contributed by atoms with E-state index in [-0.39, 0.29) is 0 Å². The Kier molecular flexibility index (Phi) is 5.11. The maximum absolute atomic E-state index is 10.8. The van der Waals surface area contributed by atoms with Gasteiger partial charge in [0, 0.05) is 5.69 Å². The Morgan fingerprint density at radius 2 is 1.77 bits per heavy atom. The Bertz CT molecular complexity index is 738. The van der Waals surface area contributed by atoms with E-state index < -0.39 is 6.03 Å². The van der Waals surface area contributed by atoms with Crippen LogP contribution >= 0.6 is 0 Å². The number of benzene rings is 2. The molecule has 0 aromatic heterocycles. The number of nitrogens with two attached hydrogens (primary N) is 1. The second-order valence-electron chi connectivity index (χ2n) is 4.53. The fourth-order valence-corrected chi connectivity index (χ4v) is 1.89. The Labute approximate surface area is 129 Å². The number of nitriles is 1. The number of allylic oxidation sites excluding steroid dienone is 3. The van der Waals surface area contributed by atoms with Gasteiger partial charge in [-0.25, -0.2) is 4.79 Å². The zero-order valence-electron chi connectivity index (χ0n) is 11.9. The van der Waals surface area contributed by atoms with Crippen molar-refractivity contribution in [2.24, 2.45) is 5.73 Å². The molecule has 108 valence electrons. The summed E-state index contributed by atoms with van der Waals surface area (Å²) in [7, 11) is 0. The molecule has 2 aromatic carbocycles. The molecule has 0 bridgehead atoms. The van der Waals surface area contributed by atoms with Gasteiger partial charge >= 0.3 is 6.03 Å². The van der Waals surface area contributed by atoms with Crippen LogP contribution in [-0.2, 0) is 0 Å². The molecule has 0 saturated heterocycles. The van der Waals surface area contributed by atoms with Gasteiger partial charge in [-0.3, -0.25) is 0 Å². The molecule has 0 aliphatic carbocycles. The third-order valence-corrected chi connectivity index (χ3v) is 2.94.